The Morgan fingerprint density at radius 1 is 0.952 bits per heavy atom. The van der Waals surface area contributed by atoms with Crippen LogP contribution >= 0.6 is 0 Å². The van der Waals surface area contributed by atoms with E-state index in [0.717, 1.165) is 11.3 Å². The fourth-order valence-corrected chi connectivity index (χ4v) is 1.78. The maximum absolute atomic E-state index is 10.2. The number of carboxylic acids is 1. The maximum Gasteiger partial charge on any atom is 0.335 e. The van der Waals surface area contributed by atoms with Crippen LogP contribution < -0.4 is 5.32 Å². The number of allylic oxidation sites excluding steroid dienone is 2. The minimum atomic E-state index is -0.879. The summed E-state index contributed by atoms with van der Waals surface area (Å²) in [4.78, 5) is 10.2. The molecular formula is C17H15NO3. The van der Waals surface area contributed by atoms with Crippen LogP contribution in [0.4, 0.5) is 5.69 Å². The Labute approximate surface area is 122 Å². The third-order valence-electron chi connectivity index (χ3n) is 2.81. The van der Waals surface area contributed by atoms with Gasteiger partial charge in [-0.25, -0.2) is 4.79 Å². The topological polar surface area (TPSA) is 69.6 Å². The lowest BCUT2D eigenvalue weighted by molar-refractivity contribution is 0.0697. The Morgan fingerprint density at radius 2 is 1.71 bits per heavy atom. The predicted molar refractivity (Wildman–Crippen MR) is 83.3 cm³/mol. The molecule has 0 saturated heterocycles. The number of nitrogens with one attached hydrogen (secondary N) is 1. The van der Waals surface area contributed by atoms with E-state index in [4.69, 9.17) is 5.11 Å². The molecule has 1 aliphatic heterocycles. The van der Waals surface area contributed by atoms with E-state index in [0.29, 0.717) is 11.3 Å². The predicted octanol–water partition coefficient (Wildman–Crippen LogP) is 3.73. The SMILES string of the molecule is O=C(O)c1ccccc1.Oc1cccc2c1C=CC=CN2. The highest BCUT2D eigenvalue weighted by Gasteiger charge is 2.03. The molecule has 3 rings (SSSR count). The summed E-state index contributed by atoms with van der Waals surface area (Å²) in [6.07, 6.45) is 7.49. The highest BCUT2D eigenvalue weighted by atomic mass is 16.4. The van der Waals surface area contributed by atoms with E-state index in [1.807, 2.05) is 36.6 Å². The summed E-state index contributed by atoms with van der Waals surface area (Å²) in [5.41, 5.74) is 2.10. The van der Waals surface area contributed by atoms with Crippen molar-refractivity contribution in [1.82, 2.24) is 0 Å². The number of hydrogen-bond donors (Lipinski definition) is 3. The molecule has 0 aromatic heterocycles. The zero-order valence-corrected chi connectivity index (χ0v) is 11.2. The van der Waals surface area contributed by atoms with Crippen molar-refractivity contribution in [1.29, 1.82) is 0 Å². The Kier molecular flexibility index (Phi) is 4.77. The zero-order chi connectivity index (χ0) is 15.1. The number of aromatic hydroxyl groups is 1. The van der Waals surface area contributed by atoms with Gasteiger partial charge in [-0.1, -0.05) is 30.3 Å². The van der Waals surface area contributed by atoms with Gasteiger partial charge in [0, 0.05) is 17.5 Å². The largest absolute Gasteiger partial charge is 0.507 e. The first-order chi connectivity index (χ1) is 10.2. The van der Waals surface area contributed by atoms with Crippen LogP contribution in [-0.2, 0) is 0 Å². The molecule has 21 heavy (non-hydrogen) atoms. The van der Waals surface area contributed by atoms with Crippen LogP contribution in [-0.4, -0.2) is 16.2 Å². The molecule has 0 radical (unpaired) electrons. The average molecular weight is 281 g/mol. The Balaban J connectivity index is 0.000000161. The standard InChI is InChI=1S/C10H9NO.C7H6O2/c12-10-6-3-5-9-8(10)4-1-2-7-11-9;8-7(9)6-4-2-1-3-5-6/h1-7,11-12H;1-5H,(H,8,9). The van der Waals surface area contributed by atoms with E-state index in [-0.39, 0.29) is 0 Å². The van der Waals surface area contributed by atoms with Gasteiger partial charge in [0.25, 0.3) is 0 Å². The number of benzene rings is 2. The maximum atomic E-state index is 10.2. The second-order valence-electron chi connectivity index (χ2n) is 4.27. The van der Waals surface area contributed by atoms with E-state index >= 15 is 0 Å². The summed E-state index contributed by atoms with van der Waals surface area (Å²) in [5.74, 6) is -0.574. The van der Waals surface area contributed by atoms with Crippen molar-refractivity contribution in [3.8, 4) is 5.75 Å². The van der Waals surface area contributed by atoms with Crippen molar-refractivity contribution in [2.24, 2.45) is 0 Å². The summed E-state index contributed by atoms with van der Waals surface area (Å²) in [7, 11) is 0. The lowest BCUT2D eigenvalue weighted by atomic mass is 10.1. The molecule has 1 aliphatic rings. The fraction of sp³-hybridized carbons (Fsp3) is 0. The summed E-state index contributed by atoms with van der Waals surface area (Å²) < 4.78 is 0. The van der Waals surface area contributed by atoms with Crippen molar-refractivity contribution in [2.45, 2.75) is 0 Å². The number of phenolic OH excluding ortho intramolecular Hbond substituents is 1. The van der Waals surface area contributed by atoms with Crippen molar-refractivity contribution < 1.29 is 15.0 Å². The molecule has 4 heteroatoms. The lowest BCUT2D eigenvalue weighted by Crippen LogP contribution is -1.93. The van der Waals surface area contributed by atoms with E-state index < -0.39 is 5.97 Å². The van der Waals surface area contributed by atoms with E-state index in [1.165, 1.54) is 0 Å². The van der Waals surface area contributed by atoms with Gasteiger partial charge in [0.05, 0.1) is 5.56 Å². The molecule has 0 unspecified atom stereocenters. The molecule has 0 amide bonds. The monoisotopic (exact) mass is 281 g/mol. The smallest absolute Gasteiger partial charge is 0.335 e. The number of carboxylic acid groups (broad SMARTS) is 1. The molecule has 0 bridgehead atoms. The third-order valence-corrected chi connectivity index (χ3v) is 2.81. The third kappa shape index (κ3) is 3.98. The van der Waals surface area contributed by atoms with Crippen molar-refractivity contribution >= 4 is 17.7 Å². The van der Waals surface area contributed by atoms with Crippen LogP contribution in [0.1, 0.15) is 15.9 Å². The highest BCUT2D eigenvalue weighted by Crippen LogP contribution is 2.27. The molecule has 106 valence electrons. The minimum Gasteiger partial charge on any atom is -0.507 e. The second kappa shape index (κ2) is 6.96. The summed E-state index contributed by atoms with van der Waals surface area (Å²) in [6.45, 7) is 0. The van der Waals surface area contributed by atoms with Crippen molar-refractivity contribution in [3.05, 3.63) is 78.0 Å². The number of carbonyl (C=O) groups is 1. The van der Waals surface area contributed by atoms with Crippen molar-refractivity contribution in [2.75, 3.05) is 5.32 Å². The fourth-order valence-electron chi connectivity index (χ4n) is 1.78. The first-order valence-corrected chi connectivity index (χ1v) is 6.38. The molecule has 1 heterocycles. The van der Waals surface area contributed by atoms with E-state index in [2.05, 4.69) is 5.32 Å². The summed E-state index contributed by atoms with van der Waals surface area (Å²) >= 11 is 0. The first-order valence-electron chi connectivity index (χ1n) is 6.38. The van der Waals surface area contributed by atoms with Gasteiger partial charge < -0.3 is 15.5 Å². The van der Waals surface area contributed by atoms with Crippen LogP contribution in [0.2, 0.25) is 0 Å². The highest BCUT2D eigenvalue weighted by molar-refractivity contribution is 5.87. The molecule has 2 aromatic rings. The van der Waals surface area contributed by atoms with Crippen molar-refractivity contribution in [3.63, 3.8) is 0 Å². The number of phenols is 1. The number of hydrogen-bond acceptors (Lipinski definition) is 3. The number of fused-ring (bicyclic) bond motifs is 1. The van der Waals surface area contributed by atoms with E-state index in [1.54, 1.807) is 36.4 Å². The normalized spacial score (nSPS) is 11.4. The van der Waals surface area contributed by atoms with Gasteiger partial charge in [0.2, 0.25) is 0 Å². The number of aromatic carboxylic acids is 1. The zero-order valence-electron chi connectivity index (χ0n) is 11.2. The molecule has 0 spiro atoms. The van der Waals surface area contributed by atoms with Gasteiger partial charge >= 0.3 is 5.97 Å². The summed E-state index contributed by atoms with van der Waals surface area (Å²) in [5, 5.41) is 20.9. The molecule has 0 aliphatic carbocycles. The minimum absolute atomic E-state index is 0.306. The molecule has 3 N–H and O–H groups in total. The van der Waals surface area contributed by atoms with Crippen LogP contribution in [0, 0.1) is 0 Å². The Hall–Kier alpha value is -3.01. The van der Waals surface area contributed by atoms with Gasteiger partial charge in [0.15, 0.2) is 0 Å². The van der Waals surface area contributed by atoms with Gasteiger partial charge in [-0.05, 0) is 36.4 Å². The average Bonchev–Trinajstić information content (AvgIpc) is 2.75. The van der Waals surface area contributed by atoms with E-state index in [9.17, 15) is 9.90 Å². The van der Waals surface area contributed by atoms with Gasteiger partial charge in [0.1, 0.15) is 5.75 Å². The van der Waals surface area contributed by atoms with Crippen LogP contribution in [0.25, 0.3) is 6.08 Å². The second-order valence-corrected chi connectivity index (χ2v) is 4.27. The first kappa shape index (κ1) is 14.4. The van der Waals surface area contributed by atoms with Crippen LogP contribution in [0.15, 0.2) is 66.9 Å². The van der Waals surface area contributed by atoms with Gasteiger partial charge in [-0.15, -0.1) is 0 Å². The van der Waals surface area contributed by atoms with Crippen LogP contribution in [0.3, 0.4) is 0 Å². The molecule has 0 atom stereocenters. The lowest BCUT2D eigenvalue weighted by Gasteiger charge is -2.05. The molecular weight excluding hydrogens is 266 g/mol. The Morgan fingerprint density at radius 3 is 2.38 bits per heavy atom. The van der Waals surface area contributed by atoms with Gasteiger partial charge in [-0.3, -0.25) is 0 Å². The molecule has 0 saturated carbocycles. The summed E-state index contributed by atoms with van der Waals surface area (Å²) in [6, 6.07) is 13.7. The molecule has 4 nitrogen and oxygen atoms in total. The Bertz CT molecular complexity index is 676. The molecule has 2 aromatic carbocycles. The quantitative estimate of drug-likeness (QED) is 0.745. The molecule has 0 fully saturated rings. The van der Waals surface area contributed by atoms with Crippen LogP contribution in [0.5, 0.6) is 5.75 Å². The number of anilines is 1. The van der Waals surface area contributed by atoms with Gasteiger partial charge in [-0.2, -0.15) is 0 Å². The number of rotatable bonds is 1.